The van der Waals surface area contributed by atoms with E-state index >= 15 is 0 Å². The maximum atomic E-state index is 11.8. The molecule has 86 valence electrons. The molecule has 4 heteroatoms. The van der Waals surface area contributed by atoms with Gasteiger partial charge in [0.25, 0.3) is 0 Å². The molecule has 2 aliphatic heterocycles. The fourth-order valence-electron chi connectivity index (χ4n) is 2.51. The average molecular weight is 211 g/mol. The molecule has 0 bridgehead atoms. The van der Waals surface area contributed by atoms with Crippen LogP contribution >= 0.6 is 0 Å². The minimum Gasteiger partial charge on any atom is -0.353 e. The first-order chi connectivity index (χ1) is 7.27. The van der Waals surface area contributed by atoms with Crippen molar-refractivity contribution in [2.45, 2.75) is 37.8 Å². The van der Waals surface area contributed by atoms with Gasteiger partial charge in [-0.05, 0) is 45.8 Å². The van der Waals surface area contributed by atoms with E-state index in [1.807, 2.05) is 7.05 Å². The minimum absolute atomic E-state index is 0.117. The quantitative estimate of drug-likeness (QED) is 0.688. The van der Waals surface area contributed by atoms with Gasteiger partial charge < -0.3 is 10.6 Å². The van der Waals surface area contributed by atoms with Crippen LogP contribution in [0.3, 0.4) is 0 Å². The predicted molar refractivity (Wildman–Crippen MR) is 59.7 cm³/mol. The molecule has 2 N–H and O–H groups in total. The molecule has 4 nitrogen and oxygen atoms in total. The van der Waals surface area contributed by atoms with Gasteiger partial charge in [-0.25, -0.2) is 0 Å². The van der Waals surface area contributed by atoms with Crippen LogP contribution in [0, 0.1) is 0 Å². The van der Waals surface area contributed by atoms with Crippen LogP contribution in [-0.4, -0.2) is 49.6 Å². The van der Waals surface area contributed by atoms with Crippen LogP contribution in [0.5, 0.6) is 0 Å². The first kappa shape index (κ1) is 10.9. The summed E-state index contributed by atoms with van der Waals surface area (Å²) in [6.45, 7) is 2.95. The van der Waals surface area contributed by atoms with E-state index in [0.29, 0.717) is 6.04 Å². The van der Waals surface area contributed by atoms with Gasteiger partial charge in [0.05, 0.1) is 6.04 Å². The molecule has 0 radical (unpaired) electrons. The highest BCUT2D eigenvalue weighted by Crippen LogP contribution is 2.14. The molecule has 0 aromatic carbocycles. The van der Waals surface area contributed by atoms with E-state index in [9.17, 15) is 4.79 Å². The van der Waals surface area contributed by atoms with Gasteiger partial charge in [0.1, 0.15) is 0 Å². The molecule has 2 fully saturated rings. The largest absolute Gasteiger partial charge is 0.353 e. The van der Waals surface area contributed by atoms with E-state index in [1.54, 1.807) is 0 Å². The summed E-state index contributed by atoms with van der Waals surface area (Å²) < 4.78 is 0. The van der Waals surface area contributed by atoms with Gasteiger partial charge in [0.2, 0.25) is 5.91 Å². The second-order valence-corrected chi connectivity index (χ2v) is 4.68. The van der Waals surface area contributed by atoms with E-state index < -0.39 is 0 Å². The summed E-state index contributed by atoms with van der Waals surface area (Å²) in [6.07, 6.45) is 4.60. The maximum absolute atomic E-state index is 11.8. The van der Waals surface area contributed by atoms with Crippen LogP contribution in [0.25, 0.3) is 0 Å². The minimum atomic E-state index is 0.117. The lowest BCUT2D eigenvalue weighted by Crippen LogP contribution is -2.45. The first-order valence-electron chi connectivity index (χ1n) is 5.98. The van der Waals surface area contributed by atoms with Gasteiger partial charge in [0, 0.05) is 12.6 Å². The van der Waals surface area contributed by atoms with E-state index in [2.05, 4.69) is 15.5 Å². The summed E-state index contributed by atoms with van der Waals surface area (Å²) in [6, 6.07) is 0.618. The van der Waals surface area contributed by atoms with E-state index in [1.165, 1.54) is 12.8 Å². The number of nitrogens with one attached hydrogen (secondary N) is 2. The Morgan fingerprint density at radius 2 is 2.33 bits per heavy atom. The van der Waals surface area contributed by atoms with Crippen molar-refractivity contribution in [2.24, 2.45) is 0 Å². The van der Waals surface area contributed by atoms with Gasteiger partial charge >= 0.3 is 0 Å². The second kappa shape index (κ2) is 4.94. The lowest BCUT2D eigenvalue weighted by molar-refractivity contribution is -0.125. The van der Waals surface area contributed by atoms with Crippen LogP contribution in [0.4, 0.5) is 0 Å². The third-order valence-corrected chi connectivity index (χ3v) is 3.51. The summed E-state index contributed by atoms with van der Waals surface area (Å²) in [5, 5.41) is 6.44. The number of rotatable bonds is 3. The Kier molecular flexibility index (Phi) is 3.59. The number of amides is 1. The molecule has 15 heavy (non-hydrogen) atoms. The number of nitrogens with zero attached hydrogens (tertiary/aromatic N) is 1. The second-order valence-electron chi connectivity index (χ2n) is 4.68. The first-order valence-corrected chi connectivity index (χ1v) is 5.98. The Bertz CT molecular complexity index is 226. The standard InChI is InChI=1S/C11H21N3O/c1-14-7-3-5-10(14)11(15)13-8-9-4-2-6-12-9/h9-10,12H,2-8H2,1H3,(H,13,15). The zero-order valence-electron chi connectivity index (χ0n) is 9.46. The van der Waals surface area contributed by atoms with Crippen molar-refractivity contribution in [3.05, 3.63) is 0 Å². The SMILES string of the molecule is CN1CCCC1C(=O)NCC1CCCN1. The topological polar surface area (TPSA) is 44.4 Å². The van der Waals surface area contributed by atoms with E-state index in [-0.39, 0.29) is 11.9 Å². The molecule has 2 rings (SSSR count). The number of carbonyl (C=O) groups is 1. The van der Waals surface area contributed by atoms with Crippen molar-refractivity contribution >= 4 is 5.91 Å². The zero-order valence-corrected chi connectivity index (χ0v) is 9.46. The van der Waals surface area contributed by atoms with Crippen molar-refractivity contribution in [3.8, 4) is 0 Å². The maximum Gasteiger partial charge on any atom is 0.237 e. The molecule has 0 aromatic heterocycles. The van der Waals surface area contributed by atoms with Crippen molar-refractivity contribution in [2.75, 3.05) is 26.7 Å². The van der Waals surface area contributed by atoms with Crippen molar-refractivity contribution in [1.82, 2.24) is 15.5 Å². The molecule has 2 heterocycles. The van der Waals surface area contributed by atoms with Crippen molar-refractivity contribution in [3.63, 3.8) is 0 Å². The third kappa shape index (κ3) is 2.69. The molecule has 0 aromatic rings. The molecule has 2 saturated heterocycles. The van der Waals surface area contributed by atoms with E-state index in [0.717, 1.165) is 32.5 Å². The summed E-state index contributed by atoms with van der Waals surface area (Å²) >= 11 is 0. The van der Waals surface area contributed by atoms with Crippen LogP contribution in [-0.2, 0) is 4.79 Å². The summed E-state index contributed by atoms with van der Waals surface area (Å²) in [5.41, 5.74) is 0. The van der Waals surface area contributed by atoms with Crippen molar-refractivity contribution < 1.29 is 4.79 Å². The Morgan fingerprint density at radius 3 is 2.93 bits per heavy atom. The summed E-state index contributed by atoms with van der Waals surface area (Å²) in [7, 11) is 2.03. The molecule has 1 amide bonds. The number of hydrogen-bond acceptors (Lipinski definition) is 3. The lowest BCUT2D eigenvalue weighted by Gasteiger charge is -2.20. The normalized spacial score (nSPS) is 32.1. The van der Waals surface area contributed by atoms with Gasteiger partial charge in [-0.3, -0.25) is 9.69 Å². The van der Waals surface area contributed by atoms with Gasteiger partial charge in [-0.15, -0.1) is 0 Å². The van der Waals surface area contributed by atoms with Crippen molar-refractivity contribution in [1.29, 1.82) is 0 Å². The highest BCUT2D eigenvalue weighted by molar-refractivity contribution is 5.82. The molecule has 0 saturated carbocycles. The number of carbonyl (C=O) groups excluding carboxylic acids is 1. The Morgan fingerprint density at radius 1 is 1.47 bits per heavy atom. The Labute approximate surface area is 91.4 Å². The van der Waals surface area contributed by atoms with Gasteiger partial charge in [0.15, 0.2) is 0 Å². The van der Waals surface area contributed by atoms with Gasteiger partial charge in [-0.1, -0.05) is 0 Å². The monoisotopic (exact) mass is 211 g/mol. The molecular weight excluding hydrogens is 190 g/mol. The summed E-state index contributed by atoms with van der Waals surface area (Å²) in [4.78, 5) is 14.0. The van der Waals surface area contributed by atoms with Crippen LogP contribution in [0.2, 0.25) is 0 Å². The molecule has 0 aliphatic carbocycles. The number of likely N-dealkylation sites (tertiary alicyclic amines) is 1. The molecule has 0 spiro atoms. The number of hydrogen-bond donors (Lipinski definition) is 2. The predicted octanol–water partition coefficient (Wildman–Crippen LogP) is -0.0512. The van der Waals surface area contributed by atoms with Gasteiger partial charge in [-0.2, -0.15) is 0 Å². The number of likely N-dealkylation sites (N-methyl/N-ethyl adjacent to an activating group) is 1. The Balaban J connectivity index is 1.71. The highest BCUT2D eigenvalue weighted by Gasteiger charge is 2.28. The molecule has 2 aliphatic rings. The smallest absolute Gasteiger partial charge is 0.237 e. The zero-order chi connectivity index (χ0) is 10.7. The highest BCUT2D eigenvalue weighted by atomic mass is 16.2. The van der Waals surface area contributed by atoms with Crippen LogP contribution in [0.15, 0.2) is 0 Å². The third-order valence-electron chi connectivity index (χ3n) is 3.51. The fraction of sp³-hybridized carbons (Fsp3) is 0.909. The van der Waals surface area contributed by atoms with Crippen LogP contribution in [0.1, 0.15) is 25.7 Å². The fourth-order valence-corrected chi connectivity index (χ4v) is 2.51. The Hall–Kier alpha value is -0.610. The summed E-state index contributed by atoms with van der Waals surface area (Å²) in [5.74, 6) is 0.212. The average Bonchev–Trinajstić information content (AvgIpc) is 2.84. The van der Waals surface area contributed by atoms with Crippen LogP contribution < -0.4 is 10.6 Å². The van der Waals surface area contributed by atoms with E-state index in [4.69, 9.17) is 0 Å². The molecule has 2 atom stereocenters. The molecule has 2 unspecified atom stereocenters. The lowest BCUT2D eigenvalue weighted by atomic mass is 10.2. The molecular formula is C11H21N3O.